The topological polar surface area (TPSA) is 113 Å². The summed E-state index contributed by atoms with van der Waals surface area (Å²) in [6.45, 7) is 1.14. The summed E-state index contributed by atoms with van der Waals surface area (Å²) in [5, 5.41) is 2.72. The molecule has 2 aliphatic heterocycles. The van der Waals surface area contributed by atoms with Crippen LogP contribution in [0.2, 0.25) is 0 Å². The van der Waals surface area contributed by atoms with Gasteiger partial charge in [0.05, 0.1) is 22.4 Å². The Labute approximate surface area is 207 Å². The third-order valence-corrected chi connectivity index (χ3v) is 9.96. The Bertz CT molecular complexity index is 1210. The van der Waals surface area contributed by atoms with Gasteiger partial charge in [-0.1, -0.05) is 24.6 Å². The molecule has 2 heterocycles. The quantitative estimate of drug-likeness (QED) is 0.543. The fourth-order valence-electron chi connectivity index (χ4n) is 4.33. The molecule has 1 amide bonds. The zero-order valence-corrected chi connectivity index (χ0v) is 21.1. The number of amides is 1. The van der Waals surface area contributed by atoms with E-state index in [0.29, 0.717) is 31.8 Å². The van der Waals surface area contributed by atoms with Crippen LogP contribution < -0.4 is 5.32 Å². The first-order valence-corrected chi connectivity index (χ1v) is 14.7. The Hall–Kier alpha value is -2.31. The van der Waals surface area contributed by atoms with Crippen LogP contribution in [0, 0.1) is 0 Å². The van der Waals surface area contributed by atoms with Gasteiger partial charge < -0.3 is 10.1 Å². The Morgan fingerprint density at radius 3 is 2.20 bits per heavy atom. The zero-order valence-electron chi connectivity index (χ0n) is 19.5. The molecule has 190 valence electrons. The standard InChI is InChI=1S/C24H31N3O6S2/c28-24(25-20-8-3-1-4-9-20)19-27(18-21-10-7-17-33-21)35(31,32)23-13-11-22(12-14-23)34(29,30)26-15-5-2-6-16-26/h1,3-4,8-9,11-14,21H,2,5-7,10,15-19H2,(H,25,28)/t21-/m1/s1. The summed E-state index contributed by atoms with van der Waals surface area (Å²) in [4.78, 5) is 12.7. The number of hydrogen-bond donors (Lipinski definition) is 1. The molecule has 2 fully saturated rings. The van der Waals surface area contributed by atoms with Crippen molar-refractivity contribution in [2.45, 2.75) is 48.0 Å². The van der Waals surface area contributed by atoms with Gasteiger partial charge in [0.25, 0.3) is 0 Å². The SMILES string of the molecule is O=C(CN(C[C@H]1CCCO1)S(=O)(=O)c1ccc(S(=O)(=O)N2CCCCC2)cc1)Nc1ccccc1. The Morgan fingerprint density at radius 1 is 0.914 bits per heavy atom. The summed E-state index contributed by atoms with van der Waals surface area (Å²) < 4.78 is 61.0. The van der Waals surface area contributed by atoms with Gasteiger partial charge >= 0.3 is 0 Å². The van der Waals surface area contributed by atoms with E-state index in [1.807, 2.05) is 6.07 Å². The molecule has 9 nitrogen and oxygen atoms in total. The lowest BCUT2D eigenvalue weighted by molar-refractivity contribution is -0.116. The first-order chi connectivity index (χ1) is 16.8. The minimum Gasteiger partial charge on any atom is -0.377 e. The summed E-state index contributed by atoms with van der Waals surface area (Å²) in [7, 11) is -7.75. The smallest absolute Gasteiger partial charge is 0.243 e. The predicted molar refractivity (Wildman–Crippen MR) is 132 cm³/mol. The minimum atomic E-state index is -4.08. The van der Waals surface area contributed by atoms with E-state index in [2.05, 4.69) is 5.32 Å². The summed E-state index contributed by atoms with van der Waals surface area (Å²) in [6, 6.07) is 14.0. The lowest BCUT2D eigenvalue weighted by Crippen LogP contribution is -2.42. The molecule has 0 aromatic heterocycles. The second-order valence-corrected chi connectivity index (χ2v) is 12.7. The molecular weight excluding hydrogens is 490 g/mol. The van der Waals surface area contributed by atoms with E-state index in [4.69, 9.17) is 4.74 Å². The molecule has 2 saturated heterocycles. The average Bonchev–Trinajstić information content (AvgIpc) is 3.38. The Morgan fingerprint density at radius 2 is 1.57 bits per heavy atom. The number of hydrogen-bond acceptors (Lipinski definition) is 6. The van der Waals surface area contributed by atoms with Gasteiger partial charge in [0.1, 0.15) is 0 Å². The largest absolute Gasteiger partial charge is 0.377 e. The van der Waals surface area contributed by atoms with Crippen molar-refractivity contribution in [3.63, 3.8) is 0 Å². The predicted octanol–water partition coefficient (Wildman–Crippen LogP) is 2.67. The van der Waals surface area contributed by atoms with Crippen LogP contribution in [0.3, 0.4) is 0 Å². The molecule has 0 aliphatic carbocycles. The number of nitrogens with zero attached hydrogens (tertiary/aromatic N) is 2. The van der Waals surface area contributed by atoms with E-state index in [-0.39, 0.29) is 29.0 Å². The van der Waals surface area contributed by atoms with Crippen LogP contribution in [0.15, 0.2) is 64.4 Å². The highest BCUT2D eigenvalue weighted by molar-refractivity contribution is 7.89. The Kier molecular flexibility index (Phi) is 8.23. The second kappa shape index (κ2) is 11.2. The molecule has 0 unspecified atom stereocenters. The summed E-state index contributed by atoms with van der Waals surface area (Å²) in [5.41, 5.74) is 0.569. The molecule has 2 aliphatic rings. The number of sulfonamides is 2. The third-order valence-electron chi connectivity index (χ3n) is 6.22. The van der Waals surface area contributed by atoms with E-state index < -0.39 is 26.0 Å². The highest BCUT2D eigenvalue weighted by Gasteiger charge is 2.32. The van der Waals surface area contributed by atoms with Gasteiger partial charge in [0.15, 0.2) is 0 Å². The number of carbonyl (C=O) groups is 1. The number of ether oxygens (including phenoxy) is 1. The molecule has 2 aromatic rings. The molecule has 1 atom stereocenters. The third kappa shape index (κ3) is 6.28. The lowest BCUT2D eigenvalue weighted by atomic mass is 10.2. The number of nitrogens with one attached hydrogen (secondary N) is 1. The van der Waals surface area contributed by atoms with Gasteiger partial charge in [-0.05, 0) is 62.1 Å². The summed E-state index contributed by atoms with van der Waals surface area (Å²) >= 11 is 0. The monoisotopic (exact) mass is 521 g/mol. The highest BCUT2D eigenvalue weighted by atomic mass is 32.2. The van der Waals surface area contributed by atoms with E-state index in [1.165, 1.54) is 28.6 Å². The van der Waals surface area contributed by atoms with Crippen molar-refractivity contribution >= 4 is 31.6 Å². The van der Waals surface area contributed by atoms with Gasteiger partial charge in [0, 0.05) is 31.9 Å². The molecule has 1 N–H and O–H groups in total. The zero-order chi connectivity index (χ0) is 24.9. The van der Waals surface area contributed by atoms with E-state index in [9.17, 15) is 21.6 Å². The van der Waals surface area contributed by atoms with Crippen molar-refractivity contribution in [3.8, 4) is 0 Å². The highest BCUT2D eigenvalue weighted by Crippen LogP contribution is 2.24. The van der Waals surface area contributed by atoms with Crippen molar-refractivity contribution in [3.05, 3.63) is 54.6 Å². The Balaban J connectivity index is 1.54. The maximum atomic E-state index is 13.5. The van der Waals surface area contributed by atoms with Crippen LogP contribution in [0.4, 0.5) is 5.69 Å². The van der Waals surface area contributed by atoms with Crippen LogP contribution in [-0.2, 0) is 29.6 Å². The van der Waals surface area contributed by atoms with Crippen LogP contribution in [0.5, 0.6) is 0 Å². The minimum absolute atomic E-state index is 0.0401. The second-order valence-electron chi connectivity index (χ2n) is 8.78. The lowest BCUT2D eigenvalue weighted by Gasteiger charge is -2.26. The van der Waals surface area contributed by atoms with Gasteiger partial charge in [0.2, 0.25) is 26.0 Å². The van der Waals surface area contributed by atoms with Crippen LogP contribution in [-0.4, -0.2) is 70.2 Å². The average molecular weight is 522 g/mol. The number of benzene rings is 2. The van der Waals surface area contributed by atoms with E-state index >= 15 is 0 Å². The first-order valence-electron chi connectivity index (χ1n) is 11.8. The molecule has 0 bridgehead atoms. The number of para-hydroxylation sites is 1. The van der Waals surface area contributed by atoms with Crippen molar-refractivity contribution in [2.75, 3.05) is 38.1 Å². The number of anilines is 1. The number of rotatable bonds is 9. The molecular formula is C24H31N3O6S2. The maximum Gasteiger partial charge on any atom is 0.243 e. The van der Waals surface area contributed by atoms with Crippen molar-refractivity contribution < 1.29 is 26.4 Å². The molecule has 0 radical (unpaired) electrons. The fraction of sp³-hybridized carbons (Fsp3) is 0.458. The van der Waals surface area contributed by atoms with Crippen molar-refractivity contribution in [1.82, 2.24) is 8.61 Å². The van der Waals surface area contributed by atoms with Crippen LogP contribution in [0.25, 0.3) is 0 Å². The fourth-order valence-corrected chi connectivity index (χ4v) is 7.28. The van der Waals surface area contributed by atoms with Crippen LogP contribution >= 0.6 is 0 Å². The molecule has 0 saturated carbocycles. The van der Waals surface area contributed by atoms with Gasteiger partial charge in [-0.3, -0.25) is 4.79 Å². The molecule has 4 rings (SSSR count). The van der Waals surface area contributed by atoms with E-state index in [0.717, 1.165) is 30.0 Å². The number of piperidine rings is 1. The number of carbonyl (C=O) groups excluding carboxylic acids is 1. The summed E-state index contributed by atoms with van der Waals surface area (Å²) in [6.07, 6.45) is 3.87. The summed E-state index contributed by atoms with van der Waals surface area (Å²) in [5.74, 6) is -0.470. The van der Waals surface area contributed by atoms with Gasteiger partial charge in [-0.25, -0.2) is 16.8 Å². The van der Waals surface area contributed by atoms with Gasteiger partial charge in [-0.2, -0.15) is 8.61 Å². The van der Waals surface area contributed by atoms with Gasteiger partial charge in [-0.15, -0.1) is 0 Å². The molecule has 0 spiro atoms. The van der Waals surface area contributed by atoms with Crippen molar-refractivity contribution in [1.29, 1.82) is 0 Å². The van der Waals surface area contributed by atoms with E-state index in [1.54, 1.807) is 24.3 Å². The van der Waals surface area contributed by atoms with Crippen LogP contribution in [0.1, 0.15) is 32.1 Å². The van der Waals surface area contributed by atoms with Crippen molar-refractivity contribution in [2.24, 2.45) is 0 Å². The molecule has 35 heavy (non-hydrogen) atoms. The maximum absolute atomic E-state index is 13.5. The molecule has 11 heteroatoms. The normalized spacial score (nSPS) is 19.6. The molecule has 2 aromatic carbocycles. The first kappa shape index (κ1) is 25.8.